The Morgan fingerprint density at radius 2 is 1.93 bits per heavy atom. The molecule has 8 nitrogen and oxygen atoms in total. The van der Waals surface area contributed by atoms with Gasteiger partial charge in [0, 0.05) is 43.0 Å². The molecule has 2 aromatic rings. The van der Waals surface area contributed by atoms with Crippen molar-refractivity contribution < 1.29 is 18.8 Å². The number of likely N-dealkylation sites (N-methyl/N-ethyl adjacent to an activating group) is 1. The van der Waals surface area contributed by atoms with Crippen LogP contribution in [0.15, 0.2) is 10.6 Å². The minimum Gasteiger partial charge on any atom is -0.462 e. The Bertz CT molecular complexity index is 879. The van der Waals surface area contributed by atoms with Crippen molar-refractivity contribution in [2.75, 3.05) is 13.7 Å². The van der Waals surface area contributed by atoms with Crippen LogP contribution in [0.2, 0.25) is 0 Å². The summed E-state index contributed by atoms with van der Waals surface area (Å²) < 4.78 is 12.4. The highest BCUT2D eigenvalue weighted by molar-refractivity contribution is 5.98. The first-order valence-electron chi connectivity index (χ1n) is 9.45. The van der Waals surface area contributed by atoms with E-state index in [4.69, 9.17) is 9.26 Å². The van der Waals surface area contributed by atoms with E-state index in [9.17, 15) is 9.59 Å². The third kappa shape index (κ3) is 4.49. The van der Waals surface area contributed by atoms with Crippen LogP contribution in [0.5, 0.6) is 0 Å². The Labute approximate surface area is 165 Å². The van der Waals surface area contributed by atoms with Crippen LogP contribution in [-0.4, -0.2) is 45.1 Å². The number of carbonyl (C=O) groups is 2. The SMILES string of the molecule is CCOC(=O)c1c(/C=C/C(=O)N(C)Cc2nc(CC)no2)c(C)n(CC)c1C. The maximum atomic E-state index is 12.5. The van der Waals surface area contributed by atoms with Gasteiger partial charge in [-0.1, -0.05) is 12.1 Å². The molecule has 0 saturated heterocycles. The molecule has 1 amide bonds. The fraction of sp³-hybridized carbons (Fsp3) is 0.500. The molecule has 0 unspecified atom stereocenters. The second-order valence-electron chi connectivity index (χ2n) is 6.41. The third-order valence-electron chi connectivity index (χ3n) is 4.59. The Balaban J connectivity index is 2.24. The Kier molecular flexibility index (Phi) is 7.14. The van der Waals surface area contributed by atoms with Gasteiger partial charge in [-0.15, -0.1) is 0 Å². The molecule has 0 spiro atoms. The van der Waals surface area contributed by atoms with Crippen LogP contribution < -0.4 is 0 Å². The molecule has 2 heterocycles. The highest BCUT2D eigenvalue weighted by Crippen LogP contribution is 2.25. The lowest BCUT2D eigenvalue weighted by atomic mass is 10.1. The van der Waals surface area contributed by atoms with E-state index in [0.717, 1.165) is 17.9 Å². The molecule has 2 aromatic heterocycles. The van der Waals surface area contributed by atoms with Crippen LogP contribution in [0.1, 0.15) is 59.8 Å². The fourth-order valence-corrected chi connectivity index (χ4v) is 3.11. The van der Waals surface area contributed by atoms with Crippen molar-refractivity contribution in [3.05, 3.63) is 40.3 Å². The number of carbonyl (C=O) groups excluding carboxylic acids is 2. The van der Waals surface area contributed by atoms with Crippen molar-refractivity contribution in [1.29, 1.82) is 0 Å². The summed E-state index contributed by atoms with van der Waals surface area (Å²) in [6.45, 7) is 10.8. The molecule has 0 atom stereocenters. The quantitative estimate of drug-likeness (QED) is 0.510. The number of amides is 1. The highest BCUT2D eigenvalue weighted by atomic mass is 16.5. The van der Waals surface area contributed by atoms with Crippen molar-refractivity contribution in [2.45, 2.75) is 54.1 Å². The van der Waals surface area contributed by atoms with Crippen LogP contribution in [0.25, 0.3) is 6.08 Å². The van der Waals surface area contributed by atoms with E-state index in [1.165, 1.54) is 11.0 Å². The van der Waals surface area contributed by atoms with Crippen LogP contribution in [0.3, 0.4) is 0 Å². The summed E-state index contributed by atoms with van der Waals surface area (Å²) in [4.78, 5) is 30.6. The lowest BCUT2D eigenvalue weighted by Crippen LogP contribution is -2.24. The molecule has 0 bridgehead atoms. The average molecular weight is 388 g/mol. The molecule has 0 aliphatic carbocycles. The normalized spacial score (nSPS) is 11.2. The van der Waals surface area contributed by atoms with Crippen LogP contribution >= 0.6 is 0 Å². The summed E-state index contributed by atoms with van der Waals surface area (Å²) in [5, 5.41) is 3.83. The predicted molar refractivity (Wildman–Crippen MR) is 105 cm³/mol. The van der Waals surface area contributed by atoms with Gasteiger partial charge >= 0.3 is 5.97 Å². The van der Waals surface area contributed by atoms with Gasteiger partial charge in [-0.05, 0) is 33.8 Å². The Morgan fingerprint density at radius 1 is 1.21 bits per heavy atom. The van der Waals surface area contributed by atoms with E-state index < -0.39 is 0 Å². The lowest BCUT2D eigenvalue weighted by Gasteiger charge is -2.11. The number of aromatic nitrogens is 3. The largest absolute Gasteiger partial charge is 0.462 e. The summed E-state index contributed by atoms with van der Waals surface area (Å²) in [5.41, 5.74) is 2.94. The van der Waals surface area contributed by atoms with Gasteiger partial charge in [-0.2, -0.15) is 4.98 Å². The molecule has 0 radical (unpaired) electrons. The summed E-state index contributed by atoms with van der Waals surface area (Å²) in [6.07, 6.45) is 3.79. The van der Waals surface area contributed by atoms with Crippen molar-refractivity contribution in [1.82, 2.24) is 19.6 Å². The van der Waals surface area contributed by atoms with Gasteiger partial charge in [0.1, 0.15) is 0 Å². The summed E-state index contributed by atoms with van der Waals surface area (Å²) in [6, 6.07) is 0. The standard InChI is InChI=1S/C20H28N4O4/c1-7-16-21-17(28-22-16)12-23(6)18(25)11-10-15-13(4)24(8-2)14(5)19(15)20(26)27-9-3/h10-11H,7-9,12H2,1-6H3/b11-10+. The number of aryl methyl sites for hydroxylation is 1. The van der Waals surface area contributed by atoms with Gasteiger partial charge in [-0.25, -0.2) is 4.79 Å². The first-order valence-corrected chi connectivity index (χ1v) is 9.45. The molecule has 0 saturated carbocycles. The van der Waals surface area contributed by atoms with Gasteiger partial charge in [0.2, 0.25) is 11.8 Å². The van der Waals surface area contributed by atoms with E-state index in [2.05, 4.69) is 10.1 Å². The zero-order chi connectivity index (χ0) is 20.8. The molecule has 2 rings (SSSR count). The van der Waals surface area contributed by atoms with Crippen LogP contribution in [0.4, 0.5) is 0 Å². The number of hydrogen-bond acceptors (Lipinski definition) is 6. The number of nitrogens with zero attached hydrogens (tertiary/aromatic N) is 4. The second kappa shape index (κ2) is 9.34. The molecule has 8 heteroatoms. The first kappa shape index (κ1) is 21.4. The lowest BCUT2D eigenvalue weighted by molar-refractivity contribution is -0.125. The topological polar surface area (TPSA) is 90.5 Å². The predicted octanol–water partition coefficient (Wildman–Crippen LogP) is 2.92. The van der Waals surface area contributed by atoms with E-state index in [1.54, 1.807) is 20.0 Å². The van der Waals surface area contributed by atoms with Crippen molar-refractivity contribution in [3.63, 3.8) is 0 Å². The van der Waals surface area contributed by atoms with Crippen LogP contribution in [-0.2, 0) is 29.0 Å². The molecular formula is C20H28N4O4. The Morgan fingerprint density at radius 3 is 2.50 bits per heavy atom. The summed E-state index contributed by atoms with van der Waals surface area (Å²) >= 11 is 0. The van der Waals surface area contributed by atoms with E-state index >= 15 is 0 Å². The summed E-state index contributed by atoms with van der Waals surface area (Å²) in [7, 11) is 1.66. The Hall–Kier alpha value is -2.90. The first-order chi connectivity index (χ1) is 13.3. The monoisotopic (exact) mass is 388 g/mol. The van der Waals surface area contributed by atoms with Gasteiger partial charge in [0.15, 0.2) is 5.82 Å². The van der Waals surface area contributed by atoms with E-state index in [0.29, 0.717) is 35.9 Å². The van der Waals surface area contributed by atoms with Crippen molar-refractivity contribution in [3.8, 4) is 0 Å². The van der Waals surface area contributed by atoms with E-state index in [-0.39, 0.29) is 18.4 Å². The van der Waals surface area contributed by atoms with Crippen molar-refractivity contribution in [2.24, 2.45) is 0 Å². The zero-order valence-electron chi connectivity index (χ0n) is 17.4. The molecule has 28 heavy (non-hydrogen) atoms. The van der Waals surface area contributed by atoms with Gasteiger partial charge in [0.05, 0.1) is 18.7 Å². The molecule has 0 N–H and O–H groups in total. The maximum Gasteiger partial charge on any atom is 0.340 e. The fourth-order valence-electron chi connectivity index (χ4n) is 3.11. The molecule has 0 fully saturated rings. The van der Waals surface area contributed by atoms with Gasteiger partial charge in [0.25, 0.3) is 0 Å². The van der Waals surface area contributed by atoms with E-state index in [1.807, 2.05) is 32.3 Å². The molecule has 0 aromatic carbocycles. The van der Waals surface area contributed by atoms with Gasteiger partial charge < -0.3 is 18.7 Å². The number of ether oxygens (including phenoxy) is 1. The maximum absolute atomic E-state index is 12.5. The minimum absolute atomic E-state index is 0.217. The molecule has 0 aliphatic heterocycles. The molecule has 0 aliphatic rings. The number of rotatable bonds is 8. The van der Waals surface area contributed by atoms with Gasteiger partial charge in [-0.3, -0.25) is 4.79 Å². The smallest absolute Gasteiger partial charge is 0.340 e. The molecular weight excluding hydrogens is 360 g/mol. The summed E-state index contributed by atoms with van der Waals surface area (Å²) in [5.74, 6) is 0.385. The second-order valence-corrected chi connectivity index (χ2v) is 6.41. The molecule has 152 valence electrons. The number of hydrogen-bond donors (Lipinski definition) is 0. The minimum atomic E-state index is -0.381. The highest BCUT2D eigenvalue weighted by Gasteiger charge is 2.22. The average Bonchev–Trinajstić information content (AvgIpc) is 3.21. The number of esters is 1. The third-order valence-corrected chi connectivity index (χ3v) is 4.59. The zero-order valence-corrected chi connectivity index (χ0v) is 17.4. The van der Waals surface area contributed by atoms with Crippen molar-refractivity contribution >= 4 is 18.0 Å². The van der Waals surface area contributed by atoms with Crippen LogP contribution in [0, 0.1) is 13.8 Å².